The van der Waals surface area contributed by atoms with E-state index in [0.29, 0.717) is 26.1 Å². The number of carbonyl (C=O) groups is 2. The fourth-order valence-corrected chi connectivity index (χ4v) is 3.72. The molecule has 2 aliphatic rings. The SMILES string of the molecule is Cc1ccc(C)c(OCCC(=O)N2CCC3(CC2)CC3C(=O)O)c1. The molecule has 0 radical (unpaired) electrons. The third-order valence-corrected chi connectivity index (χ3v) is 5.52. The van der Waals surface area contributed by atoms with Crippen LogP contribution in [0, 0.1) is 25.2 Å². The molecule has 1 saturated heterocycles. The Bertz CT molecular complexity index is 647. The summed E-state index contributed by atoms with van der Waals surface area (Å²) in [7, 11) is 0. The molecule has 5 nitrogen and oxygen atoms in total. The Balaban J connectivity index is 1.44. The normalized spacial score (nSPS) is 21.6. The average Bonchev–Trinajstić information content (AvgIpc) is 3.25. The molecule has 5 heteroatoms. The van der Waals surface area contributed by atoms with Crippen molar-refractivity contribution in [1.29, 1.82) is 0 Å². The van der Waals surface area contributed by atoms with Crippen LogP contribution in [0.2, 0.25) is 0 Å². The Kier molecular flexibility index (Phi) is 4.52. The molecule has 1 heterocycles. The molecule has 1 atom stereocenters. The third kappa shape index (κ3) is 3.40. The Hall–Kier alpha value is -2.04. The molecule has 1 aliphatic carbocycles. The molecule has 0 aromatic heterocycles. The molecular weight excluding hydrogens is 306 g/mol. The molecule has 1 aliphatic heterocycles. The predicted molar refractivity (Wildman–Crippen MR) is 90.0 cm³/mol. The number of benzene rings is 1. The molecule has 1 spiro atoms. The Morgan fingerprint density at radius 3 is 2.62 bits per heavy atom. The second-order valence-electron chi connectivity index (χ2n) is 7.21. The van der Waals surface area contributed by atoms with Crippen LogP contribution in [0.3, 0.4) is 0 Å². The molecular formula is C19H25NO4. The Morgan fingerprint density at radius 2 is 2.00 bits per heavy atom. The van der Waals surface area contributed by atoms with Gasteiger partial charge in [-0.15, -0.1) is 0 Å². The van der Waals surface area contributed by atoms with Crippen LogP contribution in [0.1, 0.15) is 36.8 Å². The lowest BCUT2D eigenvalue weighted by Crippen LogP contribution is -2.40. The minimum absolute atomic E-state index is 0.0300. The van der Waals surface area contributed by atoms with E-state index in [2.05, 4.69) is 0 Å². The van der Waals surface area contributed by atoms with Gasteiger partial charge in [0.25, 0.3) is 0 Å². The fourth-order valence-electron chi connectivity index (χ4n) is 3.72. The first kappa shape index (κ1) is 16.8. The van der Waals surface area contributed by atoms with Crippen LogP contribution in [0.25, 0.3) is 0 Å². The van der Waals surface area contributed by atoms with Crippen LogP contribution in [0.15, 0.2) is 18.2 Å². The number of carboxylic acid groups (broad SMARTS) is 1. The molecule has 1 N–H and O–H groups in total. The Labute approximate surface area is 142 Å². The van der Waals surface area contributed by atoms with Gasteiger partial charge >= 0.3 is 5.97 Å². The first-order chi connectivity index (χ1) is 11.4. The van der Waals surface area contributed by atoms with Crippen molar-refractivity contribution >= 4 is 11.9 Å². The van der Waals surface area contributed by atoms with Crippen molar-refractivity contribution in [3.05, 3.63) is 29.3 Å². The number of amides is 1. The first-order valence-corrected chi connectivity index (χ1v) is 8.62. The monoisotopic (exact) mass is 331 g/mol. The smallest absolute Gasteiger partial charge is 0.307 e. The predicted octanol–water partition coefficient (Wildman–Crippen LogP) is 2.79. The highest BCUT2D eigenvalue weighted by atomic mass is 16.5. The molecule has 1 unspecified atom stereocenters. The van der Waals surface area contributed by atoms with Crippen molar-refractivity contribution in [2.24, 2.45) is 11.3 Å². The van der Waals surface area contributed by atoms with Crippen LogP contribution in [0.5, 0.6) is 5.75 Å². The van der Waals surface area contributed by atoms with Crippen LogP contribution in [0.4, 0.5) is 0 Å². The maximum atomic E-state index is 12.3. The summed E-state index contributed by atoms with van der Waals surface area (Å²) in [5, 5.41) is 9.11. The van der Waals surface area contributed by atoms with Gasteiger partial charge in [-0.25, -0.2) is 0 Å². The van der Waals surface area contributed by atoms with Gasteiger partial charge in [-0.3, -0.25) is 9.59 Å². The summed E-state index contributed by atoms with van der Waals surface area (Å²) in [5.41, 5.74) is 2.18. The van der Waals surface area contributed by atoms with Crippen LogP contribution >= 0.6 is 0 Å². The van der Waals surface area contributed by atoms with Gasteiger partial charge in [-0.1, -0.05) is 12.1 Å². The average molecular weight is 331 g/mol. The molecule has 1 aromatic carbocycles. The molecule has 130 valence electrons. The quantitative estimate of drug-likeness (QED) is 0.901. The number of carbonyl (C=O) groups excluding carboxylic acids is 1. The lowest BCUT2D eigenvalue weighted by atomic mass is 9.90. The van der Waals surface area contributed by atoms with Crippen LogP contribution < -0.4 is 4.74 Å². The number of nitrogens with zero attached hydrogens (tertiary/aromatic N) is 1. The summed E-state index contributed by atoms with van der Waals surface area (Å²) in [5.74, 6) is 0.0597. The highest BCUT2D eigenvalue weighted by Crippen LogP contribution is 2.59. The van der Waals surface area contributed by atoms with Gasteiger partial charge in [0, 0.05) is 13.1 Å². The summed E-state index contributed by atoms with van der Waals surface area (Å²) < 4.78 is 5.76. The molecule has 1 aromatic rings. The zero-order chi connectivity index (χ0) is 17.3. The summed E-state index contributed by atoms with van der Waals surface area (Å²) >= 11 is 0. The van der Waals surface area contributed by atoms with E-state index in [9.17, 15) is 9.59 Å². The highest BCUT2D eigenvalue weighted by Gasteiger charge is 2.59. The van der Waals surface area contributed by atoms with Crippen LogP contribution in [-0.4, -0.2) is 41.6 Å². The molecule has 1 saturated carbocycles. The van der Waals surface area contributed by atoms with E-state index in [1.54, 1.807) is 0 Å². The minimum Gasteiger partial charge on any atom is -0.493 e. The topological polar surface area (TPSA) is 66.8 Å². The van der Waals surface area contributed by atoms with Crippen molar-refractivity contribution in [3.63, 3.8) is 0 Å². The standard InChI is InChI=1S/C19H25NO4/c1-13-3-4-14(2)16(11-13)24-10-5-17(21)20-8-6-19(7-9-20)12-15(19)18(22)23/h3-4,11,15H,5-10,12H2,1-2H3,(H,22,23). The maximum absolute atomic E-state index is 12.3. The Morgan fingerprint density at radius 1 is 1.29 bits per heavy atom. The summed E-state index contributed by atoms with van der Waals surface area (Å²) in [6.07, 6.45) is 2.77. The maximum Gasteiger partial charge on any atom is 0.307 e. The molecule has 2 fully saturated rings. The third-order valence-electron chi connectivity index (χ3n) is 5.52. The van der Waals surface area contributed by atoms with Gasteiger partial charge in [0.05, 0.1) is 18.9 Å². The number of carboxylic acids is 1. The minimum atomic E-state index is -0.684. The van der Waals surface area contributed by atoms with E-state index in [-0.39, 0.29) is 17.2 Å². The zero-order valence-electron chi connectivity index (χ0n) is 14.4. The van der Waals surface area contributed by atoms with Gasteiger partial charge in [-0.05, 0) is 55.7 Å². The number of hydrogen-bond donors (Lipinski definition) is 1. The van der Waals surface area contributed by atoms with Crippen LogP contribution in [-0.2, 0) is 9.59 Å². The van der Waals surface area contributed by atoms with Crippen molar-refractivity contribution < 1.29 is 19.4 Å². The second-order valence-corrected chi connectivity index (χ2v) is 7.21. The van der Waals surface area contributed by atoms with E-state index in [4.69, 9.17) is 9.84 Å². The summed E-state index contributed by atoms with van der Waals surface area (Å²) in [6.45, 7) is 5.74. The number of likely N-dealkylation sites (tertiary alicyclic amines) is 1. The number of ether oxygens (including phenoxy) is 1. The first-order valence-electron chi connectivity index (χ1n) is 8.62. The second kappa shape index (κ2) is 6.46. The van der Waals surface area contributed by atoms with E-state index in [1.165, 1.54) is 0 Å². The van der Waals surface area contributed by atoms with Gasteiger partial charge in [0.1, 0.15) is 5.75 Å². The van der Waals surface area contributed by atoms with E-state index >= 15 is 0 Å². The number of hydrogen-bond acceptors (Lipinski definition) is 3. The summed E-state index contributed by atoms with van der Waals surface area (Å²) in [4.78, 5) is 25.3. The van der Waals surface area contributed by atoms with Gasteiger partial charge in [0.15, 0.2) is 0 Å². The molecule has 0 bridgehead atoms. The van der Waals surface area contributed by atoms with E-state index in [1.807, 2.05) is 36.9 Å². The molecule has 1 amide bonds. The van der Waals surface area contributed by atoms with Gasteiger partial charge in [0.2, 0.25) is 5.91 Å². The van der Waals surface area contributed by atoms with Crippen molar-refractivity contribution in [2.75, 3.05) is 19.7 Å². The molecule has 3 rings (SSSR count). The van der Waals surface area contributed by atoms with Gasteiger partial charge in [-0.2, -0.15) is 0 Å². The lowest BCUT2D eigenvalue weighted by molar-refractivity contribution is -0.139. The number of rotatable bonds is 5. The largest absolute Gasteiger partial charge is 0.493 e. The molecule has 24 heavy (non-hydrogen) atoms. The van der Waals surface area contributed by atoms with E-state index < -0.39 is 5.97 Å². The number of piperidine rings is 1. The summed E-state index contributed by atoms with van der Waals surface area (Å²) in [6, 6.07) is 6.05. The lowest BCUT2D eigenvalue weighted by Gasteiger charge is -2.32. The highest BCUT2D eigenvalue weighted by molar-refractivity contribution is 5.77. The zero-order valence-corrected chi connectivity index (χ0v) is 14.4. The van der Waals surface area contributed by atoms with Gasteiger partial charge < -0.3 is 14.7 Å². The number of aryl methyl sites for hydroxylation is 2. The number of aliphatic carboxylic acids is 1. The fraction of sp³-hybridized carbons (Fsp3) is 0.579. The van der Waals surface area contributed by atoms with E-state index in [0.717, 1.165) is 36.1 Å². The van der Waals surface area contributed by atoms with Crippen molar-refractivity contribution in [1.82, 2.24) is 4.90 Å². The van der Waals surface area contributed by atoms with Crippen molar-refractivity contribution in [2.45, 2.75) is 39.5 Å². The van der Waals surface area contributed by atoms with Crippen molar-refractivity contribution in [3.8, 4) is 5.75 Å².